The summed E-state index contributed by atoms with van der Waals surface area (Å²) in [6.07, 6.45) is -3.21. The third-order valence-electron chi connectivity index (χ3n) is 2.45. The van der Waals surface area contributed by atoms with Gasteiger partial charge in [-0.05, 0) is 13.0 Å². The van der Waals surface area contributed by atoms with Gasteiger partial charge in [0.1, 0.15) is 11.5 Å². The van der Waals surface area contributed by atoms with Crippen molar-refractivity contribution in [3.05, 3.63) is 23.8 Å². The maximum Gasteiger partial charge on any atom is 0.433 e. The molecular weight excluding hydrogens is 346 g/mol. The minimum atomic E-state index is -4.43. The van der Waals surface area contributed by atoms with Crippen LogP contribution in [0.25, 0.3) is 11.0 Å². The van der Waals surface area contributed by atoms with Gasteiger partial charge in [0.05, 0.1) is 21.2 Å². The van der Waals surface area contributed by atoms with Gasteiger partial charge < -0.3 is 4.57 Å². The third-order valence-corrected chi connectivity index (χ3v) is 3.01. The quantitative estimate of drug-likeness (QED) is 0.579. The van der Waals surface area contributed by atoms with Gasteiger partial charge in [0, 0.05) is 7.05 Å². The Kier molecular flexibility index (Phi) is 3.04. The zero-order valence-corrected chi connectivity index (χ0v) is 11.2. The predicted octanol–water partition coefficient (Wildman–Crippen LogP) is 3.48. The molecule has 17 heavy (non-hydrogen) atoms. The van der Waals surface area contributed by atoms with Gasteiger partial charge in [-0.3, -0.25) is 0 Å². The molecule has 2 rings (SSSR count). The SMILES string of the molecule is CC(I)c1nc2cc(C(F)(F)F)ncc2n1C. The Morgan fingerprint density at radius 2 is 2.06 bits per heavy atom. The molecule has 2 aromatic heterocycles. The van der Waals surface area contributed by atoms with Gasteiger partial charge in [-0.25, -0.2) is 9.97 Å². The summed E-state index contributed by atoms with van der Waals surface area (Å²) in [5.41, 5.74) is 0.0284. The third kappa shape index (κ3) is 2.24. The Morgan fingerprint density at radius 3 is 2.59 bits per heavy atom. The summed E-state index contributed by atoms with van der Waals surface area (Å²) in [6.45, 7) is 1.93. The van der Waals surface area contributed by atoms with E-state index in [1.807, 2.05) is 6.92 Å². The first-order valence-electron chi connectivity index (χ1n) is 4.84. The highest BCUT2D eigenvalue weighted by Crippen LogP contribution is 2.31. The second kappa shape index (κ2) is 4.11. The van der Waals surface area contributed by atoms with Gasteiger partial charge in [-0.1, -0.05) is 22.6 Å². The lowest BCUT2D eigenvalue weighted by atomic mass is 10.3. The fourth-order valence-electron chi connectivity index (χ4n) is 1.62. The van der Waals surface area contributed by atoms with Crippen LogP contribution in [-0.2, 0) is 13.2 Å². The van der Waals surface area contributed by atoms with E-state index in [1.165, 1.54) is 6.20 Å². The van der Waals surface area contributed by atoms with Crippen molar-refractivity contribution in [1.82, 2.24) is 14.5 Å². The molecule has 0 aliphatic carbocycles. The van der Waals surface area contributed by atoms with E-state index in [0.717, 1.165) is 11.9 Å². The summed E-state index contributed by atoms with van der Waals surface area (Å²) in [4.78, 5) is 7.62. The highest BCUT2D eigenvalue weighted by molar-refractivity contribution is 14.1. The molecule has 2 aromatic rings. The van der Waals surface area contributed by atoms with E-state index in [-0.39, 0.29) is 3.92 Å². The number of halogens is 4. The average molecular weight is 355 g/mol. The van der Waals surface area contributed by atoms with Gasteiger partial charge in [-0.2, -0.15) is 13.2 Å². The van der Waals surface area contributed by atoms with Crippen molar-refractivity contribution >= 4 is 33.6 Å². The molecule has 0 fully saturated rings. The van der Waals surface area contributed by atoms with Crippen molar-refractivity contribution in [3.63, 3.8) is 0 Å². The molecule has 0 bridgehead atoms. The lowest BCUT2D eigenvalue weighted by Crippen LogP contribution is -2.07. The summed E-state index contributed by atoms with van der Waals surface area (Å²) < 4.78 is 39.3. The minimum absolute atomic E-state index is 0.124. The number of aryl methyl sites for hydroxylation is 1. The molecule has 1 unspecified atom stereocenters. The second-order valence-corrected chi connectivity index (χ2v) is 5.57. The molecule has 1 atom stereocenters. The Balaban J connectivity index is 2.64. The number of fused-ring (bicyclic) bond motifs is 1. The van der Waals surface area contributed by atoms with Crippen molar-refractivity contribution in [2.24, 2.45) is 7.05 Å². The standard InChI is InChI=1S/C10H9F3IN3/c1-5(14)9-16-6-3-8(10(11,12)13)15-4-7(6)17(9)2/h3-5H,1-2H3. The van der Waals surface area contributed by atoms with Crippen molar-refractivity contribution < 1.29 is 13.2 Å². The smallest absolute Gasteiger partial charge is 0.329 e. The molecule has 92 valence electrons. The molecule has 0 amide bonds. The summed E-state index contributed by atoms with van der Waals surface area (Å²) in [6, 6.07) is 0.984. The lowest BCUT2D eigenvalue weighted by Gasteiger charge is -2.05. The molecule has 0 aromatic carbocycles. The Bertz CT molecular complexity index is 560. The van der Waals surface area contributed by atoms with Gasteiger partial charge in [0.15, 0.2) is 0 Å². The molecule has 7 heteroatoms. The van der Waals surface area contributed by atoms with Gasteiger partial charge in [-0.15, -0.1) is 0 Å². The second-order valence-electron chi connectivity index (χ2n) is 3.70. The largest absolute Gasteiger partial charge is 0.433 e. The van der Waals surface area contributed by atoms with Crippen LogP contribution >= 0.6 is 22.6 Å². The number of imidazole rings is 1. The monoisotopic (exact) mass is 355 g/mol. The van der Waals surface area contributed by atoms with E-state index >= 15 is 0 Å². The fraction of sp³-hybridized carbons (Fsp3) is 0.400. The number of aromatic nitrogens is 3. The van der Waals surface area contributed by atoms with Crippen molar-refractivity contribution in [2.45, 2.75) is 17.0 Å². The first-order valence-corrected chi connectivity index (χ1v) is 6.09. The van der Waals surface area contributed by atoms with E-state index in [1.54, 1.807) is 11.6 Å². The Morgan fingerprint density at radius 1 is 1.41 bits per heavy atom. The minimum Gasteiger partial charge on any atom is -0.329 e. The number of hydrogen-bond acceptors (Lipinski definition) is 2. The number of hydrogen-bond donors (Lipinski definition) is 0. The van der Waals surface area contributed by atoms with Crippen molar-refractivity contribution in [2.75, 3.05) is 0 Å². The molecular formula is C10H9F3IN3. The maximum atomic E-state index is 12.5. The zero-order valence-electron chi connectivity index (χ0n) is 9.09. The molecule has 0 radical (unpaired) electrons. The zero-order chi connectivity index (χ0) is 12.8. The van der Waals surface area contributed by atoms with Crippen molar-refractivity contribution in [3.8, 4) is 0 Å². The van der Waals surface area contributed by atoms with Crippen LogP contribution in [0.5, 0.6) is 0 Å². The van der Waals surface area contributed by atoms with E-state index < -0.39 is 11.9 Å². The summed E-state index contributed by atoms with van der Waals surface area (Å²) in [5.74, 6) is 0.738. The van der Waals surface area contributed by atoms with Crippen LogP contribution in [0.1, 0.15) is 22.4 Å². The molecule has 2 heterocycles. The van der Waals surface area contributed by atoms with Gasteiger partial charge in [0.25, 0.3) is 0 Å². The van der Waals surface area contributed by atoms with E-state index in [9.17, 15) is 13.2 Å². The highest BCUT2D eigenvalue weighted by atomic mass is 127. The maximum absolute atomic E-state index is 12.5. The molecule has 3 nitrogen and oxygen atoms in total. The Labute approximate surface area is 109 Å². The number of rotatable bonds is 1. The van der Waals surface area contributed by atoms with Crippen LogP contribution in [0.15, 0.2) is 12.3 Å². The molecule has 0 spiro atoms. The first kappa shape index (κ1) is 12.6. The highest BCUT2D eigenvalue weighted by Gasteiger charge is 2.33. The number of pyridine rings is 1. The Hall–Kier alpha value is -0.860. The van der Waals surface area contributed by atoms with Crippen LogP contribution in [0.4, 0.5) is 13.2 Å². The van der Waals surface area contributed by atoms with Crippen molar-refractivity contribution in [1.29, 1.82) is 0 Å². The molecule has 0 aliphatic rings. The summed E-state index contributed by atoms with van der Waals surface area (Å²) in [5, 5.41) is 0. The molecule has 0 saturated carbocycles. The fourth-order valence-corrected chi connectivity index (χ4v) is 2.18. The topological polar surface area (TPSA) is 30.7 Å². The average Bonchev–Trinajstić information content (AvgIpc) is 2.54. The van der Waals surface area contributed by atoms with E-state index in [0.29, 0.717) is 11.0 Å². The van der Waals surface area contributed by atoms with Crippen LogP contribution in [0.2, 0.25) is 0 Å². The van der Waals surface area contributed by atoms with E-state index in [2.05, 4.69) is 32.6 Å². The van der Waals surface area contributed by atoms with Gasteiger partial charge in [0.2, 0.25) is 0 Å². The number of alkyl halides is 4. The van der Waals surface area contributed by atoms with Crippen LogP contribution in [0, 0.1) is 0 Å². The van der Waals surface area contributed by atoms with Crippen LogP contribution < -0.4 is 0 Å². The van der Waals surface area contributed by atoms with Crippen LogP contribution in [0.3, 0.4) is 0 Å². The van der Waals surface area contributed by atoms with Crippen LogP contribution in [-0.4, -0.2) is 14.5 Å². The molecule has 0 aliphatic heterocycles. The normalized spacial score (nSPS) is 14.2. The lowest BCUT2D eigenvalue weighted by molar-refractivity contribution is -0.141. The van der Waals surface area contributed by atoms with E-state index in [4.69, 9.17) is 0 Å². The predicted molar refractivity (Wildman–Crippen MR) is 65.9 cm³/mol. The number of nitrogens with zero attached hydrogens (tertiary/aromatic N) is 3. The molecule has 0 N–H and O–H groups in total. The summed E-state index contributed by atoms with van der Waals surface area (Å²) in [7, 11) is 1.77. The van der Waals surface area contributed by atoms with Gasteiger partial charge >= 0.3 is 6.18 Å². The first-order chi connectivity index (χ1) is 7.80. The molecule has 0 saturated heterocycles. The summed E-state index contributed by atoms with van der Waals surface area (Å²) >= 11 is 2.17.